The summed E-state index contributed by atoms with van der Waals surface area (Å²) in [6, 6.07) is 7.98. The summed E-state index contributed by atoms with van der Waals surface area (Å²) in [6.45, 7) is 4.35. The Hall–Kier alpha value is -2.04. The molecule has 1 atom stereocenters. The number of rotatable bonds is 5. The number of hydrogen-bond donors (Lipinski definition) is 2. The van der Waals surface area contributed by atoms with E-state index in [1.54, 1.807) is 11.9 Å². The van der Waals surface area contributed by atoms with Crippen molar-refractivity contribution in [3.8, 4) is 0 Å². The van der Waals surface area contributed by atoms with Crippen molar-refractivity contribution in [3.63, 3.8) is 0 Å². The Morgan fingerprint density at radius 3 is 2.74 bits per heavy atom. The van der Waals surface area contributed by atoms with Gasteiger partial charge in [-0.25, -0.2) is 0 Å². The maximum absolute atomic E-state index is 12.2. The lowest BCUT2D eigenvalue weighted by Crippen LogP contribution is -2.39. The van der Waals surface area contributed by atoms with Crippen molar-refractivity contribution in [1.82, 2.24) is 4.90 Å². The van der Waals surface area contributed by atoms with E-state index in [0.29, 0.717) is 13.0 Å². The molecule has 104 valence electrons. The van der Waals surface area contributed by atoms with Gasteiger partial charge in [0.1, 0.15) is 0 Å². The van der Waals surface area contributed by atoms with Gasteiger partial charge in [0.2, 0.25) is 5.91 Å². The zero-order valence-electron chi connectivity index (χ0n) is 11.6. The molecule has 1 unspecified atom stereocenters. The Morgan fingerprint density at radius 1 is 1.53 bits per heavy atom. The first kappa shape index (κ1) is 15.0. The molecule has 3 N–H and O–H groups in total. The Morgan fingerprint density at radius 2 is 2.21 bits per heavy atom. The van der Waals surface area contributed by atoms with Crippen LogP contribution in [0.5, 0.6) is 0 Å². The number of aryl methyl sites for hydroxylation is 1. The van der Waals surface area contributed by atoms with Crippen molar-refractivity contribution in [3.05, 3.63) is 35.4 Å². The van der Waals surface area contributed by atoms with Crippen molar-refractivity contribution < 1.29 is 10.0 Å². The molecule has 5 heteroatoms. The van der Waals surface area contributed by atoms with E-state index < -0.39 is 5.92 Å². The number of benzene rings is 1. The van der Waals surface area contributed by atoms with E-state index in [0.717, 1.165) is 11.1 Å². The smallest absolute Gasteiger partial charge is 0.233 e. The topological polar surface area (TPSA) is 78.9 Å². The highest BCUT2D eigenvalue weighted by Gasteiger charge is 2.24. The minimum Gasteiger partial charge on any atom is -0.409 e. The molecule has 19 heavy (non-hydrogen) atoms. The lowest BCUT2D eigenvalue weighted by atomic mass is 10.0. The van der Waals surface area contributed by atoms with Gasteiger partial charge in [-0.05, 0) is 18.9 Å². The van der Waals surface area contributed by atoms with Crippen molar-refractivity contribution in [2.24, 2.45) is 16.8 Å². The van der Waals surface area contributed by atoms with Crippen LogP contribution in [0.15, 0.2) is 29.4 Å². The third-order valence-electron chi connectivity index (χ3n) is 3.06. The second kappa shape index (κ2) is 6.78. The number of amidine groups is 1. The van der Waals surface area contributed by atoms with E-state index >= 15 is 0 Å². The molecule has 1 aromatic carbocycles. The predicted molar refractivity (Wildman–Crippen MR) is 74.8 cm³/mol. The molecule has 0 saturated carbocycles. The van der Waals surface area contributed by atoms with E-state index in [1.807, 2.05) is 38.1 Å². The number of carbonyl (C=O) groups is 1. The van der Waals surface area contributed by atoms with Crippen LogP contribution < -0.4 is 5.73 Å². The number of nitrogens with zero attached hydrogens (tertiary/aromatic N) is 2. The monoisotopic (exact) mass is 263 g/mol. The zero-order valence-corrected chi connectivity index (χ0v) is 11.6. The standard InChI is InChI=1S/C14H21N3O2/c1-4-12(13(15)16-19)14(18)17(3)9-11-7-5-6-10(2)8-11/h5-8,12,19H,4,9H2,1-3H3,(H2,15,16). The van der Waals surface area contributed by atoms with Gasteiger partial charge in [0, 0.05) is 13.6 Å². The predicted octanol–water partition coefficient (Wildman–Crippen LogP) is 1.73. The summed E-state index contributed by atoms with van der Waals surface area (Å²) >= 11 is 0. The molecule has 0 aromatic heterocycles. The maximum Gasteiger partial charge on any atom is 0.233 e. The molecule has 1 rings (SSSR count). The number of amides is 1. The van der Waals surface area contributed by atoms with Crippen LogP contribution in [0.25, 0.3) is 0 Å². The average Bonchev–Trinajstić information content (AvgIpc) is 2.39. The van der Waals surface area contributed by atoms with Crippen LogP contribution in [0.1, 0.15) is 24.5 Å². The highest BCUT2D eigenvalue weighted by atomic mass is 16.4. The van der Waals surface area contributed by atoms with Crippen molar-refractivity contribution in [2.75, 3.05) is 7.05 Å². The van der Waals surface area contributed by atoms with Gasteiger partial charge in [0.05, 0.1) is 5.92 Å². The van der Waals surface area contributed by atoms with Crippen LogP contribution in [0, 0.1) is 12.8 Å². The van der Waals surface area contributed by atoms with Gasteiger partial charge in [0.15, 0.2) is 5.84 Å². The van der Waals surface area contributed by atoms with E-state index in [4.69, 9.17) is 10.9 Å². The van der Waals surface area contributed by atoms with Crippen LogP contribution in [0.3, 0.4) is 0 Å². The minimum absolute atomic E-state index is 0.0383. The molecule has 0 saturated heterocycles. The van der Waals surface area contributed by atoms with E-state index in [1.165, 1.54) is 0 Å². The average molecular weight is 263 g/mol. The highest BCUT2D eigenvalue weighted by Crippen LogP contribution is 2.11. The highest BCUT2D eigenvalue weighted by molar-refractivity contribution is 6.01. The van der Waals surface area contributed by atoms with Gasteiger partial charge >= 0.3 is 0 Å². The summed E-state index contributed by atoms with van der Waals surface area (Å²) in [5, 5.41) is 11.6. The molecule has 5 nitrogen and oxygen atoms in total. The summed E-state index contributed by atoms with van der Waals surface area (Å²) < 4.78 is 0. The summed E-state index contributed by atoms with van der Waals surface area (Å²) in [4.78, 5) is 13.8. The molecule has 0 radical (unpaired) electrons. The first-order valence-electron chi connectivity index (χ1n) is 6.27. The van der Waals surface area contributed by atoms with Gasteiger partial charge in [-0.2, -0.15) is 0 Å². The number of oxime groups is 1. The second-order valence-electron chi connectivity index (χ2n) is 4.67. The van der Waals surface area contributed by atoms with Crippen molar-refractivity contribution in [2.45, 2.75) is 26.8 Å². The third-order valence-corrected chi connectivity index (χ3v) is 3.06. The second-order valence-corrected chi connectivity index (χ2v) is 4.67. The molecule has 1 aromatic rings. The summed E-state index contributed by atoms with van der Waals surface area (Å²) in [5.74, 6) is -0.747. The van der Waals surface area contributed by atoms with Crippen molar-refractivity contribution >= 4 is 11.7 Å². The molecular formula is C14H21N3O2. The van der Waals surface area contributed by atoms with E-state index in [-0.39, 0.29) is 11.7 Å². The van der Waals surface area contributed by atoms with Crippen LogP contribution >= 0.6 is 0 Å². The normalized spacial score (nSPS) is 13.1. The first-order chi connectivity index (χ1) is 8.99. The molecule has 0 aliphatic rings. The first-order valence-corrected chi connectivity index (χ1v) is 6.27. The summed E-state index contributed by atoms with van der Waals surface area (Å²) in [5.41, 5.74) is 7.75. The van der Waals surface area contributed by atoms with Crippen LogP contribution in [0.4, 0.5) is 0 Å². The fourth-order valence-electron chi connectivity index (χ4n) is 2.01. The summed E-state index contributed by atoms with van der Waals surface area (Å²) in [6.07, 6.45) is 0.507. The molecule has 0 aliphatic carbocycles. The number of hydrogen-bond acceptors (Lipinski definition) is 3. The summed E-state index contributed by atoms with van der Waals surface area (Å²) in [7, 11) is 1.72. The van der Waals surface area contributed by atoms with Gasteiger partial charge in [-0.1, -0.05) is 41.9 Å². The lowest BCUT2D eigenvalue weighted by molar-refractivity contribution is -0.132. The van der Waals surface area contributed by atoms with Crippen LogP contribution in [0.2, 0.25) is 0 Å². The molecule has 0 fully saturated rings. The zero-order chi connectivity index (χ0) is 14.4. The maximum atomic E-state index is 12.2. The third kappa shape index (κ3) is 3.98. The van der Waals surface area contributed by atoms with Crippen molar-refractivity contribution in [1.29, 1.82) is 0 Å². The molecule has 0 heterocycles. The van der Waals surface area contributed by atoms with Gasteiger partial charge in [-0.15, -0.1) is 0 Å². The lowest BCUT2D eigenvalue weighted by Gasteiger charge is -2.22. The van der Waals surface area contributed by atoms with Gasteiger partial charge in [0.25, 0.3) is 0 Å². The molecule has 0 spiro atoms. The minimum atomic E-state index is -0.570. The van der Waals surface area contributed by atoms with Crippen LogP contribution in [-0.2, 0) is 11.3 Å². The van der Waals surface area contributed by atoms with Crippen LogP contribution in [-0.4, -0.2) is 28.9 Å². The van der Waals surface area contributed by atoms with E-state index in [9.17, 15) is 4.79 Å². The fourth-order valence-corrected chi connectivity index (χ4v) is 2.01. The largest absolute Gasteiger partial charge is 0.409 e. The SMILES string of the molecule is CCC(C(=O)N(C)Cc1cccc(C)c1)C(N)=NO. The molecule has 0 bridgehead atoms. The van der Waals surface area contributed by atoms with Gasteiger partial charge in [-0.3, -0.25) is 4.79 Å². The Balaban J connectivity index is 2.77. The van der Waals surface area contributed by atoms with Gasteiger partial charge < -0.3 is 15.8 Å². The Kier molecular flexibility index (Phi) is 5.36. The molecule has 1 amide bonds. The number of nitrogens with two attached hydrogens (primary N) is 1. The molecular weight excluding hydrogens is 242 g/mol. The molecule has 0 aliphatic heterocycles. The fraction of sp³-hybridized carbons (Fsp3) is 0.429. The Labute approximate surface area is 113 Å². The number of carbonyl (C=O) groups excluding carboxylic acids is 1. The van der Waals surface area contributed by atoms with E-state index in [2.05, 4.69) is 5.16 Å². The quantitative estimate of drug-likeness (QED) is 0.367. The Bertz CT molecular complexity index is 472.